The lowest BCUT2D eigenvalue weighted by molar-refractivity contribution is -0.345. The summed E-state index contributed by atoms with van der Waals surface area (Å²) in [7, 11) is -1.65. The first-order valence-corrected chi connectivity index (χ1v) is 6.77. The minimum atomic E-state index is -1.65. The molecular formula is C7H15O2Si-. The Hall–Kier alpha value is -0.443. The Morgan fingerprint density at radius 3 is 1.70 bits per heavy atom. The molecule has 10 heavy (non-hydrogen) atoms. The van der Waals surface area contributed by atoms with E-state index >= 15 is 0 Å². The number of rotatable bonds is 2. The van der Waals surface area contributed by atoms with Crippen LogP contribution in [0, 0.1) is 0 Å². The van der Waals surface area contributed by atoms with Crippen molar-refractivity contribution < 1.29 is 9.53 Å². The van der Waals surface area contributed by atoms with Crippen LogP contribution < -0.4 is 5.11 Å². The molecular weight excluding hydrogens is 144 g/mol. The van der Waals surface area contributed by atoms with Crippen LogP contribution in [0.15, 0.2) is 11.5 Å². The van der Waals surface area contributed by atoms with Gasteiger partial charge in [0.05, 0.1) is 0 Å². The maximum absolute atomic E-state index is 10.9. The third-order valence-electron chi connectivity index (χ3n) is 0.807. The normalized spacial score (nSPS) is 10.9. The van der Waals surface area contributed by atoms with Crippen molar-refractivity contribution in [3.8, 4) is 0 Å². The summed E-state index contributed by atoms with van der Waals surface area (Å²) < 4.78 is 5.16. The molecule has 0 radical (unpaired) electrons. The van der Waals surface area contributed by atoms with Gasteiger partial charge < -0.3 is 9.53 Å². The summed E-state index contributed by atoms with van der Waals surface area (Å²) in [5.74, 6) is -0.154. The zero-order chi connectivity index (χ0) is 8.36. The van der Waals surface area contributed by atoms with E-state index in [1.165, 1.54) is 0 Å². The highest BCUT2D eigenvalue weighted by atomic mass is 28.4. The van der Waals surface area contributed by atoms with E-state index in [2.05, 4.69) is 0 Å². The Balaban J connectivity index is 4.06. The van der Waals surface area contributed by atoms with Gasteiger partial charge >= 0.3 is 0 Å². The first-order valence-electron chi connectivity index (χ1n) is 3.36. The van der Waals surface area contributed by atoms with E-state index in [9.17, 15) is 5.11 Å². The first kappa shape index (κ1) is 9.56. The molecule has 0 aliphatic heterocycles. The second-order valence-corrected chi connectivity index (χ2v) is 7.93. The van der Waals surface area contributed by atoms with Crippen molar-refractivity contribution in [2.75, 3.05) is 0 Å². The maximum Gasteiger partial charge on any atom is 0.106 e. The molecule has 0 fully saturated rings. The predicted octanol–water partition coefficient (Wildman–Crippen LogP) is 1.45. The molecule has 0 spiro atoms. The Morgan fingerprint density at radius 2 is 1.60 bits per heavy atom. The van der Waals surface area contributed by atoms with Gasteiger partial charge in [0.2, 0.25) is 0 Å². The summed E-state index contributed by atoms with van der Waals surface area (Å²) >= 11 is 0. The van der Waals surface area contributed by atoms with Gasteiger partial charge in [-0.05, 0) is 13.8 Å². The van der Waals surface area contributed by atoms with Crippen molar-refractivity contribution in [3.63, 3.8) is 0 Å². The Kier molecular flexibility index (Phi) is 2.96. The van der Waals surface area contributed by atoms with E-state index in [-0.39, 0.29) is 5.95 Å². The molecule has 0 saturated carbocycles. The standard InChI is InChI=1S/C7H16O2Si/c1-6(2)7(8)9-10(3,4)5/h8H,1-5H3/p-1. The van der Waals surface area contributed by atoms with Crippen molar-refractivity contribution in [1.29, 1.82) is 0 Å². The van der Waals surface area contributed by atoms with Gasteiger partial charge in [0.25, 0.3) is 0 Å². The third-order valence-corrected chi connectivity index (χ3v) is 1.60. The molecule has 0 N–H and O–H groups in total. The van der Waals surface area contributed by atoms with Gasteiger partial charge in [0.1, 0.15) is 8.32 Å². The fourth-order valence-electron chi connectivity index (χ4n) is 0.380. The molecule has 3 heteroatoms. The highest BCUT2D eigenvalue weighted by Gasteiger charge is 2.06. The fourth-order valence-corrected chi connectivity index (χ4v) is 1.14. The van der Waals surface area contributed by atoms with Gasteiger partial charge in [0.15, 0.2) is 0 Å². The number of hydrogen-bond donors (Lipinski definition) is 0. The zero-order valence-electron chi connectivity index (χ0n) is 7.32. The number of allylic oxidation sites excluding steroid dienone is 1. The number of hydrogen-bond acceptors (Lipinski definition) is 2. The van der Waals surface area contributed by atoms with Crippen LogP contribution in [0.3, 0.4) is 0 Å². The first-order chi connectivity index (χ1) is 4.33. The molecule has 0 aromatic heterocycles. The molecule has 0 atom stereocenters. The van der Waals surface area contributed by atoms with Crippen molar-refractivity contribution >= 4 is 8.32 Å². The quantitative estimate of drug-likeness (QED) is 0.451. The Labute approximate surface area is 63.7 Å². The predicted molar refractivity (Wildman–Crippen MR) is 42.8 cm³/mol. The van der Waals surface area contributed by atoms with Crippen molar-refractivity contribution in [1.82, 2.24) is 0 Å². The van der Waals surface area contributed by atoms with Crippen LogP contribution >= 0.6 is 0 Å². The van der Waals surface area contributed by atoms with Crippen LogP contribution in [-0.2, 0) is 4.43 Å². The molecule has 0 bridgehead atoms. The summed E-state index contributed by atoms with van der Waals surface area (Å²) in [6.45, 7) is 9.51. The Morgan fingerprint density at radius 1 is 1.20 bits per heavy atom. The van der Waals surface area contributed by atoms with E-state index in [4.69, 9.17) is 4.43 Å². The van der Waals surface area contributed by atoms with Gasteiger partial charge in [-0.2, -0.15) is 0 Å². The molecule has 0 saturated heterocycles. The molecule has 0 aliphatic rings. The van der Waals surface area contributed by atoms with Crippen LogP contribution in [0.25, 0.3) is 0 Å². The van der Waals surface area contributed by atoms with Gasteiger partial charge in [-0.3, -0.25) is 0 Å². The van der Waals surface area contributed by atoms with Gasteiger partial charge in [-0.25, -0.2) is 0 Å². The molecule has 0 rings (SSSR count). The zero-order valence-corrected chi connectivity index (χ0v) is 8.32. The SMILES string of the molecule is CC(C)=C([O-])O[Si](C)(C)C. The molecule has 2 nitrogen and oxygen atoms in total. The van der Waals surface area contributed by atoms with Crippen molar-refractivity contribution in [2.45, 2.75) is 33.5 Å². The molecule has 0 unspecified atom stereocenters. The summed E-state index contributed by atoms with van der Waals surface area (Å²) in [6.07, 6.45) is 0. The second-order valence-electron chi connectivity index (χ2n) is 3.50. The smallest absolute Gasteiger partial charge is 0.106 e. The summed E-state index contributed by atoms with van der Waals surface area (Å²) in [5.41, 5.74) is 0.724. The topological polar surface area (TPSA) is 32.3 Å². The molecule has 60 valence electrons. The van der Waals surface area contributed by atoms with Crippen LogP contribution in [-0.4, -0.2) is 8.32 Å². The molecule has 0 aromatic rings. The van der Waals surface area contributed by atoms with E-state index in [1.54, 1.807) is 13.8 Å². The van der Waals surface area contributed by atoms with E-state index in [1.807, 2.05) is 19.6 Å². The Bertz CT molecular complexity index is 140. The highest BCUT2D eigenvalue weighted by molar-refractivity contribution is 6.69. The second kappa shape index (κ2) is 3.10. The van der Waals surface area contributed by atoms with Crippen LogP contribution in [0.1, 0.15) is 13.8 Å². The lowest BCUT2D eigenvalue weighted by Crippen LogP contribution is -2.29. The summed E-state index contributed by atoms with van der Waals surface area (Å²) in [5, 5.41) is 10.9. The molecule has 0 heterocycles. The average molecular weight is 159 g/mol. The van der Waals surface area contributed by atoms with Gasteiger partial charge in [-0.1, -0.05) is 25.2 Å². The molecule has 0 aromatic carbocycles. The van der Waals surface area contributed by atoms with E-state index < -0.39 is 8.32 Å². The monoisotopic (exact) mass is 159 g/mol. The highest BCUT2D eigenvalue weighted by Crippen LogP contribution is 2.08. The minimum absolute atomic E-state index is 0.154. The molecule has 0 aliphatic carbocycles. The average Bonchev–Trinajstić information content (AvgIpc) is 1.60. The van der Waals surface area contributed by atoms with Crippen molar-refractivity contribution in [3.05, 3.63) is 11.5 Å². The van der Waals surface area contributed by atoms with Gasteiger partial charge in [-0.15, -0.1) is 0 Å². The van der Waals surface area contributed by atoms with E-state index in [0.717, 1.165) is 5.57 Å². The lowest BCUT2D eigenvalue weighted by Gasteiger charge is -2.29. The largest absolute Gasteiger partial charge is 0.634 e. The summed E-state index contributed by atoms with van der Waals surface area (Å²) in [4.78, 5) is 0. The van der Waals surface area contributed by atoms with Crippen molar-refractivity contribution in [2.24, 2.45) is 0 Å². The van der Waals surface area contributed by atoms with Crippen LogP contribution in [0.5, 0.6) is 0 Å². The fraction of sp³-hybridized carbons (Fsp3) is 0.714. The third kappa shape index (κ3) is 4.44. The van der Waals surface area contributed by atoms with Gasteiger partial charge in [0, 0.05) is 5.95 Å². The van der Waals surface area contributed by atoms with E-state index in [0.29, 0.717) is 0 Å². The summed E-state index contributed by atoms with van der Waals surface area (Å²) in [6, 6.07) is 0. The van der Waals surface area contributed by atoms with Crippen LogP contribution in [0.4, 0.5) is 0 Å². The lowest BCUT2D eigenvalue weighted by atomic mass is 10.4. The van der Waals surface area contributed by atoms with Crippen LogP contribution in [0.2, 0.25) is 19.6 Å². The minimum Gasteiger partial charge on any atom is -0.634 e. The molecule has 0 amide bonds. The maximum atomic E-state index is 10.9.